The molecule has 1 unspecified atom stereocenters. The number of nitrogens with one attached hydrogen (secondary N) is 2. The standard InChI is InChI=1S/C16H33N3O/c1-4-6-7-8-14(3)19-16(17-5-2)18-11-12-20-13-15-9-10-15/h14-15H,4-13H2,1-3H3,(H2,17,18,19). The average molecular weight is 283 g/mol. The van der Waals surface area contributed by atoms with E-state index in [1.807, 2.05) is 0 Å². The molecule has 0 aliphatic heterocycles. The highest BCUT2D eigenvalue weighted by atomic mass is 16.5. The summed E-state index contributed by atoms with van der Waals surface area (Å²) in [6, 6.07) is 0.478. The summed E-state index contributed by atoms with van der Waals surface area (Å²) in [5.74, 6) is 1.76. The molecule has 1 atom stereocenters. The van der Waals surface area contributed by atoms with Crippen LogP contribution in [0, 0.1) is 5.92 Å². The summed E-state index contributed by atoms with van der Waals surface area (Å²) in [5.41, 5.74) is 0. The molecule has 0 spiro atoms. The van der Waals surface area contributed by atoms with Gasteiger partial charge in [0.25, 0.3) is 0 Å². The van der Waals surface area contributed by atoms with Crippen molar-refractivity contribution in [1.29, 1.82) is 0 Å². The molecular weight excluding hydrogens is 250 g/mol. The quantitative estimate of drug-likeness (QED) is 0.348. The van der Waals surface area contributed by atoms with E-state index in [4.69, 9.17) is 4.74 Å². The van der Waals surface area contributed by atoms with Gasteiger partial charge in [-0.05, 0) is 39.0 Å². The van der Waals surface area contributed by atoms with Gasteiger partial charge in [-0.15, -0.1) is 0 Å². The first-order valence-electron chi connectivity index (χ1n) is 8.38. The predicted octanol–water partition coefficient (Wildman–Crippen LogP) is 2.94. The fourth-order valence-electron chi connectivity index (χ4n) is 2.08. The van der Waals surface area contributed by atoms with Crippen LogP contribution in [0.5, 0.6) is 0 Å². The fourth-order valence-corrected chi connectivity index (χ4v) is 2.08. The number of hydrogen-bond acceptors (Lipinski definition) is 2. The molecule has 1 saturated carbocycles. The van der Waals surface area contributed by atoms with Crippen molar-refractivity contribution in [3.63, 3.8) is 0 Å². The molecule has 20 heavy (non-hydrogen) atoms. The molecule has 1 aliphatic rings. The lowest BCUT2D eigenvalue weighted by Gasteiger charge is -2.17. The van der Waals surface area contributed by atoms with E-state index >= 15 is 0 Å². The first-order valence-corrected chi connectivity index (χ1v) is 8.38. The molecule has 1 fully saturated rings. The molecule has 4 heteroatoms. The van der Waals surface area contributed by atoms with Gasteiger partial charge in [-0.1, -0.05) is 26.2 Å². The molecule has 118 valence electrons. The van der Waals surface area contributed by atoms with E-state index in [1.54, 1.807) is 0 Å². The normalized spacial score (nSPS) is 17.1. The second-order valence-electron chi connectivity index (χ2n) is 5.82. The number of ether oxygens (including phenoxy) is 1. The zero-order valence-corrected chi connectivity index (χ0v) is 13.6. The Morgan fingerprint density at radius 3 is 2.75 bits per heavy atom. The Bertz CT molecular complexity index is 264. The highest BCUT2D eigenvalue weighted by Crippen LogP contribution is 2.28. The summed E-state index contributed by atoms with van der Waals surface area (Å²) < 4.78 is 5.61. The van der Waals surface area contributed by atoms with Crippen LogP contribution in [0.15, 0.2) is 4.99 Å². The molecule has 2 N–H and O–H groups in total. The van der Waals surface area contributed by atoms with E-state index in [-0.39, 0.29) is 0 Å². The molecular formula is C16H33N3O. The van der Waals surface area contributed by atoms with Crippen LogP contribution in [0.25, 0.3) is 0 Å². The monoisotopic (exact) mass is 283 g/mol. The highest BCUT2D eigenvalue weighted by molar-refractivity contribution is 5.80. The van der Waals surface area contributed by atoms with Crippen LogP contribution in [0.1, 0.15) is 59.3 Å². The molecule has 0 aromatic heterocycles. The van der Waals surface area contributed by atoms with E-state index in [2.05, 4.69) is 36.4 Å². The van der Waals surface area contributed by atoms with Crippen molar-refractivity contribution >= 4 is 5.96 Å². The van der Waals surface area contributed by atoms with Crippen molar-refractivity contribution < 1.29 is 4.74 Å². The average Bonchev–Trinajstić information content (AvgIpc) is 3.23. The number of aliphatic imine (C=N–C) groups is 1. The first-order chi connectivity index (χ1) is 9.76. The van der Waals surface area contributed by atoms with E-state index in [9.17, 15) is 0 Å². The zero-order valence-electron chi connectivity index (χ0n) is 13.6. The summed E-state index contributed by atoms with van der Waals surface area (Å²) in [5, 5.41) is 6.77. The Morgan fingerprint density at radius 1 is 1.30 bits per heavy atom. The van der Waals surface area contributed by atoms with E-state index in [0.29, 0.717) is 6.04 Å². The van der Waals surface area contributed by atoms with Gasteiger partial charge in [-0.3, -0.25) is 4.99 Å². The number of hydrogen-bond donors (Lipinski definition) is 2. The first kappa shape index (κ1) is 17.3. The van der Waals surface area contributed by atoms with Crippen molar-refractivity contribution in [3.8, 4) is 0 Å². The molecule has 0 amide bonds. The van der Waals surface area contributed by atoms with Crippen molar-refractivity contribution in [2.45, 2.75) is 65.3 Å². The topological polar surface area (TPSA) is 45.7 Å². The minimum absolute atomic E-state index is 0.478. The molecule has 0 bridgehead atoms. The Morgan fingerprint density at radius 2 is 2.10 bits per heavy atom. The lowest BCUT2D eigenvalue weighted by Crippen LogP contribution is -2.42. The number of guanidine groups is 1. The molecule has 0 saturated heterocycles. The van der Waals surface area contributed by atoms with Gasteiger partial charge in [0.2, 0.25) is 0 Å². The van der Waals surface area contributed by atoms with Gasteiger partial charge in [-0.2, -0.15) is 0 Å². The van der Waals surface area contributed by atoms with Gasteiger partial charge < -0.3 is 15.4 Å². The van der Waals surface area contributed by atoms with Crippen LogP contribution in [0.3, 0.4) is 0 Å². The minimum atomic E-state index is 0.478. The zero-order chi connectivity index (χ0) is 14.6. The minimum Gasteiger partial charge on any atom is -0.379 e. The second kappa shape index (κ2) is 11.0. The predicted molar refractivity (Wildman–Crippen MR) is 86.3 cm³/mol. The van der Waals surface area contributed by atoms with Gasteiger partial charge in [-0.25, -0.2) is 0 Å². The SMILES string of the molecule is CCCCCC(C)NC(=NCCOCC1CC1)NCC. The van der Waals surface area contributed by atoms with Crippen molar-refractivity contribution in [3.05, 3.63) is 0 Å². The smallest absolute Gasteiger partial charge is 0.191 e. The van der Waals surface area contributed by atoms with Gasteiger partial charge >= 0.3 is 0 Å². The molecule has 0 radical (unpaired) electrons. The maximum atomic E-state index is 5.61. The lowest BCUT2D eigenvalue weighted by atomic mass is 10.1. The van der Waals surface area contributed by atoms with Gasteiger partial charge in [0.1, 0.15) is 0 Å². The Kier molecular flexibility index (Phi) is 9.46. The summed E-state index contributed by atoms with van der Waals surface area (Å²) in [4.78, 5) is 4.57. The van der Waals surface area contributed by atoms with Crippen molar-refractivity contribution in [1.82, 2.24) is 10.6 Å². The number of nitrogens with zero attached hydrogens (tertiary/aromatic N) is 1. The van der Waals surface area contributed by atoms with Crippen molar-refractivity contribution in [2.24, 2.45) is 10.9 Å². The largest absolute Gasteiger partial charge is 0.379 e. The lowest BCUT2D eigenvalue weighted by molar-refractivity contribution is 0.131. The number of rotatable bonds is 11. The maximum absolute atomic E-state index is 5.61. The van der Waals surface area contributed by atoms with Gasteiger partial charge in [0.15, 0.2) is 5.96 Å². The molecule has 1 rings (SSSR count). The molecule has 0 aromatic rings. The van der Waals surface area contributed by atoms with Crippen LogP contribution >= 0.6 is 0 Å². The van der Waals surface area contributed by atoms with Crippen LogP contribution in [0.4, 0.5) is 0 Å². The molecule has 4 nitrogen and oxygen atoms in total. The van der Waals surface area contributed by atoms with Crippen LogP contribution in [-0.4, -0.2) is 38.3 Å². The van der Waals surface area contributed by atoms with Gasteiger partial charge in [0.05, 0.1) is 13.2 Å². The molecule has 1 aliphatic carbocycles. The van der Waals surface area contributed by atoms with Crippen LogP contribution in [0.2, 0.25) is 0 Å². The highest BCUT2D eigenvalue weighted by Gasteiger charge is 2.20. The van der Waals surface area contributed by atoms with E-state index in [0.717, 1.165) is 38.2 Å². The Balaban J connectivity index is 2.14. The third kappa shape index (κ3) is 9.18. The fraction of sp³-hybridized carbons (Fsp3) is 0.938. The van der Waals surface area contributed by atoms with Gasteiger partial charge in [0, 0.05) is 19.2 Å². The molecule has 0 aromatic carbocycles. The third-order valence-electron chi connectivity index (χ3n) is 3.52. The Labute approximate surface area is 124 Å². The van der Waals surface area contributed by atoms with E-state index < -0.39 is 0 Å². The summed E-state index contributed by atoms with van der Waals surface area (Å²) in [6.45, 7) is 9.87. The summed E-state index contributed by atoms with van der Waals surface area (Å²) in [6.07, 6.45) is 7.78. The van der Waals surface area contributed by atoms with Crippen LogP contribution < -0.4 is 10.6 Å². The number of unbranched alkanes of at least 4 members (excludes halogenated alkanes) is 2. The third-order valence-corrected chi connectivity index (χ3v) is 3.52. The summed E-state index contributed by atoms with van der Waals surface area (Å²) in [7, 11) is 0. The van der Waals surface area contributed by atoms with E-state index in [1.165, 1.54) is 38.5 Å². The van der Waals surface area contributed by atoms with Crippen molar-refractivity contribution in [2.75, 3.05) is 26.3 Å². The Hall–Kier alpha value is -0.770. The maximum Gasteiger partial charge on any atom is 0.191 e. The molecule has 0 heterocycles. The second-order valence-corrected chi connectivity index (χ2v) is 5.82. The summed E-state index contributed by atoms with van der Waals surface area (Å²) >= 11 is 0. The van der Waals surface area contributed by atoms with Crippen LogP contribution in [-0.2, 0) is 4.74 Å².